The molecule has 1 fully saturated rings. The summed E-state index contributed by atoms with van der Waals surface area (Å²) in [7, 11) is -3.55. The molecule has 1 aliphatic rings. The third kappa shape index (κ3) is 2.85. The van der Waals surface area contributed by atoms with Crippen LogP contribution in [0.4, 0.5) is 0 Å². The van der Waals surface area contributed by atoms with Crippen molar-refractivity contribution in [1.82, 2.24) is 4.31 Å². The van der Waals surface area contributed by atoms with Crippen LogP contribution >= 0.6 is 22.6 Å². The molecular formula is C11H14INO4S. The smallest absolute Gasteiger partial charge is 0.243 e. The summed E-state index contributed by atoms with van der Waals surface area (Å²) in [4.78, 5) is 0.253. The average Bonchev–Trinajstić information content (AvgIpc) is 2.39. The van der Waals surface area contributed by atoms with Gasteiger partial charge in [-0.05, 0) is 46.9 Å². The van der Waals surface area contributed by atoms with Gasteiger partial charge in [-0.3, -0.25) is 0 Å². The molecule has 1 aromatic carbocycles. The molecule has 1 unspecified atom stereocenters. The number of nitrogens with zero attached hydrogens (tertiary/aromatic N) is 1. The highest BCUT2D eigenvalue weighted by atomic mass is 127. The van der Waals surface area contributed by atoms with Gasteiger partial charge in [0.05, 0.1) is 30.8 Å². The van der Waals surface area contributed by atoms with Gasteiger partial charge in [0, 0.05) is 10.1 Å². The number of morpholine rings is 1. The molecule has 0 aliphatic carbocycles. The molecule has 1 heterocycles. The highest BCUT2D eigenvalue weighted by Gasteiger charge is 2.33. The number of halogens is 1. The Kier molecular flexibility index (Phi) is 4.59. The van der Waals surface area contributed by atoms with E-state index in [1.54, 1.807) is 24.3 Å². The predicted octanol–water partition coefficient (Wildman–Crippen LogP) is 0.673. The van der Waals surface area contributed by atoms with Crippen LogP contribution in [0.3, 0.4) is 0 Å². The highest BCUT2D eigenvalue weighted by Crippen LogP contribution is 2.21. The number of sulfonamides is 1. The van der Waals surface area contributed by atoms with E-state index in [1.807, 2.05) is 0 Å². The molecule has 0 bridgehead atoms. The number of aliphatic hydroxyl groups is 1. The summed E-state index contributed by atoms with van der Waals surface area (Å²) in [5.41, 5.74) is 0. The highest BCUT2D eigenvalue weighted by molar-refractivity contribution is 14.1. The van der Waals surface area contributed by atoms with Crippen molar-refractivity contribution in [3.05, 3.63) is 27.8 Å². The van der Waals surface area contributed by atoms with Crippen molar-refractivity contribution in [3.8, 4) is 0 Å². The molecule has 1 saturated heterocycles. The van der Waals surface area contributed by atoms with Crippen molar-refractivity contribution < 1.29 is 18.3 Å². The summed E-state index contributed by atoms with van der Waals surface area (Å²) in [6.07, 6.45) is 0. The van der Waals surface area contributed by atoms with E-state index in [4.69, 9.17) is 4.74 Å². The Balaban J connectivity index is 2.32. The number of hydrogen-bond donors (Lipinski definition) is 1. The molecule has 2 rings (SSSR count). The van der Waals surface area contributed by atoms with E-state index < -0.39 is 16.1 Å². The van der Waals surface area contributed by atoms with E-state index in [0.717, 1.165) is 3.57 Å². The zero-order chi connectivity index (χ0) is 13.2. The molecule has 0 radical (unpaired) electrons. The molecule has 1 atom stereocenters. The van der Waals surface area contributed by atoms with Gasteiger partial charge in [0.25, 0.3) is 0 Å². The lowest BCUT2D eigenvalue weighted by atomic mass is 10.3. The minimum atomic E-state index is -3.55. The van der Waals surface area contributed by atoms with E-state index in [1.165, 1.54) is 4.31 Å². The molecular weight excluding hydrogens is 369 g/mol. The molecule has 7 heteroatoms. The van der Waals surface area contributed by atoms with Crippen LogP contribution in [0.2, 0.25) is 0 Å². The number of ether oxygens (including phenoxy) is 1. The summed E-state index contributed by atoms with van der Waals surface area (Å²) < 4.78 is 32.3. The minimum absolute atomic E-state index is 0.233. The molecule has 0 spiro atoms. The molecule has 0 saturated carbocycles. The van der Waals surface area contributed by atoms with Crippen molar-refractivity contribution in [2.45, 2.75) is 10.9 Å². The first-order valence-corrected chi connectivity index (χ1v) is 8.03. The van der Waals surface area contributed by atoms with Crippen LogP contribution in [-0.4, -0.2) is 50.2 Å². The maximum atomic E-state index is 12.4. The molecule has 100 valence electrons. The third-order valence-corrected chi connectivity index (χ3v) is 5.49. The lowest BCUT2D eigenvalue weighted by Crippen LogP contribution is -2.50. The van der Waals surface area contributed by atoms with Gasteiger partial charge in [0.1, 0.15) is 0 Å². The van der Waals surface area contributed by atoms with Gasteiger partial charge in [0.15, 0.2) is 0 Å². The minimum Gasteiger partial charge on any atom is -0.395 e. The summed E-state index contributed by atoms with van der Waals surface area (Å²) in [5.74, 6) is 0. The number of benzene rings is 1. The number of rotatable bonds is 3. The molecule has 1 aromatic rings. The fourth-order valence-corrected chi connectivity index (χ4v) is 3.79. The molecule has 18 heavy (non-hydrogen) atoms. The van der Waals surface area contributed by atoms with Gasteiger partial charge < -0.3 is 9.84 Å². The van der Waals surface area contributed by atoms with Crippen LogP contribution < -0.4 is 0 Å². The average molecular weight is 383 g/mol. The van der Waals surface area contributed by atoms with E-state index in [-0.39, 0.29) is 24.7 Å². The third-order valence-electron chi connectivity index (χ3n) is 2.80. The predicted molar refractivity (Wildman–Crippen MR) is 74.7 cm³/mol. The van der Waals surface area contributed by atoms with Crippen molar-refractivity contribution in [2.24, 2.45) is 0 Å². The number of aliphatic hydroxyl groups excluding tert-OH is 1. The SMILES string of the molecule is O=S(=O)(c1ccc(I)cc1)N1CCOCC1CO. The van der Waals surface area contributed by atoms with Crippen LogP contribution in [0.5, 0.6) is 0 Å². The van der Waals surface area contributed by atoms with Crippen molar-refractivity contribution >= 4 is 32.6 Å². The zero-order valence-electron chi connectivity index (χ0n) is 9.62. The van der Waals surface area contributed by atoms with Gasteiger partial charge in [0.2, 0.25) is 10.0 Å². The Morgan fingerprint density at radius 2 is 2.06 bits per heavy atom. The fraction of sp³-hybridized carbons (Fsp3) is 0.455. The first kappa shape index (κ1) is 14.2. The van der Waals surface area contributed by atoms with Gasteiger partial charge in [-0.1, -0.05) is 0 Å². The second-order valence-corrected chi connectivity index (χ2v) is 7.12. The topological polar surface area (TPSA) is 66.8 Å². The lowest BCUT2D eigenvalue weighted by molar-refractivity contribution is 0.0109. The molecule has 0 amide bonds. The molecule has 1 N–H and O–H groups in total. The van der Waals surface area contributed by atoms with Crippen LogP contribution in [0.15, 0.2) is 29.2 Å². The normalized spacial score (nSPS) is 22.0. The van der Waals surface area contributed by atoms with Crippen LogP contribution in [0.25, 0.3) is 0 Å². The zero-order valence-corrected chi connectivity index (χ0v) is 12.6. The Morgan fingerprint density at radius 3 is 2.67 bits per heavy atom. The van der Waals surface area contributed by atoms with Crippen LogP contribution in [0.1, 0.15) is 0 Å². The summed E-state index contributed by atoms with van der Waals surface area (Å²) in [5, 5.41) is 9.23. The quantitative estimate of drug-likeness (QED) is 0.780. The standard InChI is InChI=1S/C11H14INO4S/c12-9-1-3-11(4-2-9)18(15,16)13-5-6-17-8-10(13)7-14/h1-4,10,14H,5-8H2. The molecule has 5 nitrogen and oxygen atoms in total. The van der Waals surface area contributed by atoms with Crippen molar-refractivity contribution in [1.29, 1.82) is 0 Å². The van der Waals surface area contributed by atoms with Gasteiger partial charge in [-0.15, -0.1) is 0 Å². The lowest BCUT2D eigenvalue weighted by Gasteiger charge is -2.33. The van der Waals surface area contributed by atoms with Crippen molar-refractivity contribution in [2.75, 3.05) is 26.4 Å². The summed E-state index contributed by atoms with van der Waals surface area (Å²) >= 11 is 2.12. The monoisotopic (exact) mass is 383 g/mol. The van der Waals surface area contributed by atoms with Crippen LogP contribution in [-0.2, 0) is 14.8 Å². The number of hydrogen-bond acceptors (Lipinski definition) is 4. The van der Waals surface area contributed by atoms with Crippen molar-refractivity contribution in [3.63, 3.8) is 0 Å². The van der Waals surface area contributed by atoms with Gasteiger partial charge >= 0.3 is 0 Å². The van der Waals surface area contributed by atoms with E-state index in [9.17, 15) is 13.5 Å². The summed E-state index contributed by atoms with van der Waals surface area (Å²) in [6.45, 7) is 0.642. The Morgan fingerprint density at radius 1 is 1.39 bits per heavy atom. The molecule has 0 aromatic heterocycles. The van der Waals surface area contributed by atoms with E-state index in [0.29, 0.717) is 6.61 Å². The fourth-order valence-electron chi connectivity index (χ4n) is 1.84. The second kappa shape index (κ2) is 5.83. The maximum absolute atomic E-state index is 12.4. The van der Waals surface area contributed by atoms with E-state index >= 15 is 0 Å². The second-order valence-electron chi connectivity index (χ2n) is 3.98. The van der Waals surface area contributed by atoms with Gasteiger partial charge in [-0.2, -0.15) is 4.31 Å². The molecule has 1 aliphatic heterocycles. The first-order valence-electron chi connectivity index (χ1n) is 5.51. The first-order chi connectivity index (χ1) is 8.55. The maximum Gasteiger partial charge on any atom is 0.243 e. The largest absolute Gasteiger partial charge is 0.395 e. The van der Waals surface area contributed by atoms with Crippen LogP contribution in [0, 0.1) is 3.57 Å². The van der Waals surface area contributed by atoms with Gasteiger partial charge in [-0.25, -0.2) is 8.42 Å². The Hall–Kier alpha value is -0.220. The van der Waals surface area contributed by atoms with E-state index in [2.05, 4.69) is 22.6 Å². The summed E-state index contributed by atoms with van der Waals surface area (Å²) in [6, 6.07) is 6.18. The Labute approximate surface area is 120 Å². The Bertz CT molecular complexity index is 502.